The van der Waals surface area contributed by atoms with E-state index in [1.54, 1.807) is 6.07 Å². The minimum Gasteiger partial charge on any atom is -0.441 e. The highest BCUT2D eigenvalue weighted by Gasteiger charge is 2.20. The number of rotatable bonds is 5. The van der Waals surface area contributed by atoms with Gasteiger partial charge in [0, 0.05) is 11.3 Å². The van der Waals surface area contributed by atoms with Crippen molar-refractivity contribution < 1.29 is 9.21 Å². The Kier molecular flexibility index (Phi) is 5.05. The first-order chi connectivity index (χ1) is 14.4. The molecule has 2 aromatic heterocycles. The van der Waals surface area contributed by atoms with Crippen molar-refractivity contribution in [1.29, 1.82) is 0 Å². The summed E-state index contributed by atoms with van der Waals surface area (Å²) in [6, 6.07) is 15.4. The molecule has 0 saturated carbocycles. The van der Waals surface area contributed by atoms with Crippen LogP contribution in [0.3, 0.4) is 0 Å². The van der Waals surface area contributed by atoms with Gasteiger partial charge in [0.1, 0.15) is 11.5 Å². The van der Waals surface area contributed by atoms with E-state index < -0.39 is 5.91 Å². The van der Waals surface area contributed by atoms with Crippen molar-refractivity contribution in [3.05, 3.63) is 76.8 Å². The Hall–Kier alpha value is -3.94. The van der Waals surface area contributed by atoms with E-state index in [0.29, 0.717) is 23.0 Å². The molecule has 4 aromatic rings. The highest BCUT2D eigenvalue weighted by atomic mass is 16.4. The van der Waals surface area contributed by atoms with E-state index in [2.05, 4.69) is 20.6 Å². The first-order valence-corrected chi connectivity index (χ1v) is 9.51. The molecule has 8 nitrogen and oxygen atoms in total. The van der Waals surface area contributed by atoms with Crippen LogP contribution in [0.2, 0.25) is 0 Å². The van der Waals surface area contributed by atoms with Crippen molar-refractivity contribution in [2.45, 2.75) is 27.3 Å². The topological polar surface area (TPSA) is 112 Å². The van der Waals surface area contributed by atoms with Gasteiger partial charge in [-0.05, 0) is 50.6 Å². The number of hydrogen-bond donors (Lipinski definition) is 2. The lowest BCUT2D eigenvalue weighted by Gasteiger charge is -2.05. The van der Waals surface area contributed by atoms with Crippen LogP contribution in [0.4, 0.5) is 11.5 Å². The third-order valence-corrected chi connectivity index (χ3v) is 4.72. The summed E-state index contributed by atoms with van der Waals surface area (Å²) in [6.45, 7) is 6.04. The minimum atomic E-state index is -0.415. The maximum absolute atomic E-state index is 12.6. The predicted molar refractivity (Wildman–Crippen MR) is 114 cm³/mol. The summed E-state index contributed by atoms with van der Waals surface area (Å²) in [6.07, 6.45) is 0. The van der Waals surface area contributed by atoms with E-state index in [1.807, 2.05) is 63.2 Å². The van der Waals surface area contributed by atoms with Crippen LogP contribution in [-0.4, -0.2) is 25.9 Å². The number of anilines is 2. The fourth-order valence-electron chi connectivity index (χ4n) is 3.13. The van der Waals surface area contributed by atoms with E-state index in [1.165, 1.54) is 4.68 Å². The Morgan fingerprint density at radius 2 is 1.83 bits per heavy atom. The maximum Gasteiger partial charge on any atom is 0.280 e. The number of aromatic nitrogens is 4. The molecular formula is C22H22N6O2. The first-order valence-electron chi connectivity index (χ1n) is 9.51. The zero-order valence-corrected chi connectivity index (χ0v) is 17.0. The Bertz CT molecular complexity index is 1220. The highest BCUT2D eigenvalue weighted by Crippen LogP contribution is 2.24. The molecule has 0 radical (unpaired) electrons. The average Bonchev–Trinajstić information content (AvgIpc) is 3.25. The maximum atomic E-state index is 12.6. The van der Waals surface area contributed by atoms with Crippen LogP contribution >= 0.6 is 0 Å². The molecule has 0 aliphatic heterocycles. The molecule has 3 N–H and O–H groups in total. The molecule has 0 spiro atoms. The lowest BCUT2D eigenvalue weighted by molar-refractivity contribution is 0.102. The number of nitrogens with zero attached hydrogens (tertiary/aromatic N) is 4. The van der Waals surface area contributed by atoms with E-state index in [9.17, 15) is 4.79 Å². The normalized spacial score (nSPS) is 10.9. The molecule has 0 aliphatic rings. The van der Waals surface area contributed by atoms with Crippen molar-refractivity contribution in [3.8, 4) is 11.5 Å². The van der Waals surface area contributed by atoms with Gasteiger partial charge in [0.05, 0.1) is 6.54 Å². The Labute approximate surface area is 173 Å². The standard InChI is InChI=1S/C22H22N6O2/c1-13-6-4-8-16(10-13)22-25-18(15(3)30-22)12-28-20(23)19(26-27-28)21(29)24-17-9-5-7-14(2)11-17/h4-11H,12,23H2,1-3H3,(H,24,29). The van der Waals surface area contributed by atoms with Crippen molar-refractivity contribution in [1.82, 2.24) is 20.0 Å². The number of amides is 1. The lowest BCUT2D eigenvalue weighted by atomic mass is 10.1. The second-order valence-corrected chi connectivity index (χ2v) is 7.20. The summed E-state index contributed by atoms with van der Waals surface area (Å²) in [5.41, 5.74) is 10.6. The van der Waals surface area contributed by atoms with Crippen LogP contribution in [0.1, 0.15) is 33.1 Å². The molecule has 2 aromatic carbocycles. The summed E-state index contributed by atoms with van der Waals surface area (Å²) in [5, 5.41) is 10.8. The number of hydrogen-bond acceptors (Lipinski definition) is 6. The second-order valence-electron chi connectivity index (χ2n) is 7.20. The number of carbonyl (C=O) groups excluding carboxylic acids is 1. The highest BCUT2D eigenvalue weighted by molar-refractivity contribution is 6.05. The smallest absolute Gasteiger partial charge is 0.280 e. The zero-order valence-electron chi connectivity index (χ0n) is 17.0. The van der Waals surface area contributed by atoms with Gasteiger partial charge in [-0.15, -0.1) is 5.10 Å². The van der Waals surface area contributed by atoms with Gasteiger partial charge in [0.2, 0.25) is 5.89 Å². The molecule has 152 valence electrons. The fraction of sp³-hybridized carbons (Fsp3) is 0.182. The SMILES string of the molecule is Cc1cccc(NC(=O)c2nnn(Cc3nc(-c4cccc(C)c4)oc3C)c2N)c1. The Morgan fingerprint density at radius 1 is 1.10 bits per heavy atom. The van der Waals surface area contributed by atoms with Crippen LogP contribution in [0.25, 0.3) is 11.5 Å². The summed E-state index contributed by atoms with van der Waals surface area (Å²) in [7, 11) is 0. The number of benzene rings is 2. The lowest BCUT2D eigenvalue weighted by Crippen LogP contribution is -2.15. The molecule has 0 unspecified atom stereocenters. The number of nitrogens with two attached hydrogens (primary N) is 1. The summed E-state index contributed by atoms with van der Waals surface area (Å²) < 4.78 is 7.26. The average molecular weight is 402 g/mol. The van der Waals surface area contributed by atoms with Gasteiger partial charge in [-0.3, -0.25) is 4.79 Å². The van der Waals surface area contributed by atoms with Gasteiger partial charge in [-0.25, -0.2) is 9.67 Å². The van der Waals surface area contributed by atoms with Crippen molar-refractivity contribution in [3.63, 3.8) is 0 Å². The van der Waals surface area contributed by atoms with E-state index in [0.717, 1.165) is 16.7 Å². The molecule has 8 heteroatoms. The molecule has 30 heavy (non-hydrogen) atoms. The Morgan fingerprint density at radius 3 is 2.57 bits per heavy atom. The van der Waals surface area contributed by atoms with Gasteiger partial charge in [-0.1, -0.05) is 35.0 Å². The number of oxazole rings is 1. The number of nitrogens with one attached hydrogen (secondary N) is 1. The number of nitrogen functional groups attached to an aromatic ring is 1. The first kappa shape index (κ1) is 19.4. The molecule has 2 heterocycles. The molecule has 4 rings (SSSR count). The van der Waals surface area contributed by atoms with Gasteiger partial charge < -0.3 is 15.5 Å². The second kappa shape index (κ2) is 7.82. The minimum absolute atomic E-state index is 0.0663. The quantitative estimate of drug-likeness (QED) is 0.526. The molecule has 0 saturated heterocycles. The van der Waals surface area contributed by atoms with Crippen molar-refractivity contribution in [2.75, 3.05) is 11.1 Å². The molecule has 0 bridgehead atoms. The van der Waals surface area contributed by atoms with Crippen LogP contribution in [-0.2, 0) is 6.54 Å². The van der Waals surface area contributed by atoms with Gasteiger partial charge in [0.25, 0.3) is 5.91 Å². The van der Waals surface area contributed by atoms with Crippen LogP contribution in [0, 0.1) is 20.8 Å². The van der Waals surface area contributed by atoms with E-state index in [-0.39, 0.29) is 18.1 Å². The van der Waals surface area contributed by atoms with E-state index in [4.69, 9.17) is 10.2 Å². The zero-order chi connectivity index (χ0) is 21.3. The van der Waals surface area contributed by atoms with Gasteiger partial charge in [0.15, 0.2) is 11.5 Å². The molecule has 1 amide bonds. The summed E-state index contributed by atoms with van der Waals surface area (Å²) in [5.74, 6) is 0.941. The Balaban J connectivity index is 1.54. The van der Waals surface area contributed by atoms with E-state index >= 15 is 0 Å². The van der Waals surface area contributed by atoms with Crippen LogP contribution in [0.5, 0.6) is 0 Å². The van der Waals surface area contributed by atoms with Crippen LogP contribution < -0.4 is 11.1 Å². The van der Waals surface area contributed by atoms with Gasteiger partial charge >= 0.3 is 0 Å². The predicted octanol–water partition coefficient (Wildman–Crippen LogP) is 3.74. The molecule has 0 atom stereocenters. The number of carbonyl (C=O) groups is 1. The van der Waals surface area contributed by atoms with Crippen LogP contribution in [0.15, 0.2) is 52.9 Å². The molecule has 0 fully saturated rings. The number of aryl methyl sites for hydroxylation is 3. The monoisotopic (exact) mass is 402 g/mol. The molecule has 0 aliphatic carbocycles. The third-order valence-electron chi connectivity index (χ3n) is 4.72. The largest absolute Gasteiger partial charge is 0.441 e. The van der Waals surface area contributed by atoms with Gasteiger partial charge in [-0.2, -0.15) is 0 Å². The summed E-state index contributed by atoms with van der Waals surface area (Å²) in [4.78, 5) is 17.1. The summed E-state index contributed by atoms with van der Waals surface area (Å²) >= 11 is 0. The molecular weight excluding hydrogens is 380 g/mol. The fourth-order valence-corrected chi connectivity index (χ4v) is 3.13. The van der Waals surface area contributed by atoms with Crippen molar-refractivity contribution in [2.24, 2.45) is 0 Å². The van der Waals surface area contributed by atoms with Crippen molar-refractivity contribution >= 4 is 17.4 Å². The third kappa shape index (κ3) is 3.93.